The number of benzene rings is 2. The van der Waals surface area contributed by atoms with Gasteiger partial charge in [0.2, 0.25) is 5.91 Å². The molecule has 0 bridgehead atoms. The van der Waals surface area contributed by atoms with Gasteiger partial charge in [-0.25, -0.2) is 0 Å². The minimum atomic E-state index is -5.13. The molecular weight excluding hydrogens is 545 g/mol. The lowest BCUT2D eigenvalue weighted by Gasteiger charge is -2.31. The summed E-state index contributed by atoms with van der Waals surface area (Å²) >= 11 is 0. The predicted molar refractivity (Wildman–Crippen MR) is 170 cm³/mol. The molecule has 2 aromatic rings. The van der Waals surface area contributed by atoms with Gasteiger partial charge in [-0.3, -0.25) is 4.79 Å². The first kappa shape index (κ1) is 35.7. The Hall–Kier alpha value is -2.50. The molecule has 0 saturated carbocycles. The summed E-state index contributed by atoms with van der Waals surface area (Å²) in [6, 6.07) is 17.2. The van der Waals surface area contributed by atoms with E-state index in [9.17, 15) is 19.1 Å². The third-order valence-corrected chi connectivity index (χ3v) is 7.66. The van der Waals surface area contributed by atoms with Gasteiger partial charge in [-0.1, -0.05) is 137 Å². The summed E-state index contributed by atoms with van der Waals surface area (Å²) < 4.78 is 15.6. The Morgan fingerprint density at radius 3 is 1.93 bits per heavy atom. The summed E-state index contributed by atoms with van der Waals surface area (Å²) in [5.74, 6) is -0.157. The minimum absolute atomic E-state index is 0.157. The predicted octanol–water partition coefficient (Wildman–Crippen LogP) is 7.77. The number of carbonyl (C=O) groups is 1. The van der Waals surface area contributed by atoms with Gasteiger partial charge in [0.15, 0.2) is 0 Å². The number of nitrogens with one attached hydrogen (secondary N) is 1. The molecule has 0 fully saturated rings. The Kier molecular flexibility index (Phi) is 18.8. The second-order valence-corrected chi connectivity index (χ2v) is 12.2. The van der Waals surface area contributed by atoms with Crippen LogP contribution >= 0.6 is 7.82 Å². The van der Waals surface area contributed by atoms with Gasteiger partial charge in [0.1, 0.15) is 0 Å². The van der Waals surface area contributed by atoms with Crippen LogP contribution in [0.15, 0.2) is 66.7 Å². The van der Waals surface area contributed by atoms with Crippen LogP contribution in [-0.4, -0.2) is 18.6 Å². The van der Waals surface area contributed by atoms with Gasteiger partial charge in [0.25, 0.3) is 0 Å². The van der Waals surface area contributed by atoms with E-state index in [0.717, 1.165) is 48.8 Å². The zero-order chi connectivity index (χ0) is 30.3. The summed E-state index contributed by atoms with van der Waals surface area (Å²) in [6.45, 7) is 1.87. The van der Waals surface area contributed by atoms with E-state index in [-0.39, 0.29) is 12.5 Å². The number of allylic oxidation sites excluding steroid dienone is 2. The van der Waals surface area contributed by atoms with Gasteiger partial charge in [0, 0.05) is 6.42 Å². The minimum Gasteiger partial charge on any atom is -0.790 e. The molecule has 2 aromatic carbocycles. The molecule has 1 N–H and O–H groups in total. The van der Waals surface area contributed by atoms with Gasteiger partial charge >= 0.3 is 0 Å². The van der Waals surface area contributed by atoms with Crippen molar-refractivity contribution in [3.05, 3.63) is 83.4 Å². The van der Waals surface area contributed by atoms with Crippen molar-refractivity contribution in [1.29, 1.82) is 0 Å². The van der Waals surface area contributed by atoms with Crippen molar-refractivity contribution in [3.63, 3.8) is 0 Å². The van der Waals surface area contributed by atoms with Crippen LogP contribution in [0.4, 0.5) is 0 Å². The number of phosphoric acid groups is 1. The maximum atomic E-state index is 12.6. The van der Waals surface area contributed by atoms with Gasteiger partial charge in [-0.15, -0.1) is 0 Å². The summed E-state index contributed by atoms with van der Waals surface area (Å²) in [5.41, 5.74) is 3.04. The smallest absolute Gasteiger partial charge is 0.220 e. The number of hydrogen-bond acceptors (Lipinski definition) is 5. The molecule has 0 aliphatic rings. The van der Waals surface area contributed by atoms with E-state index in [1.165, 1.54) is 51.4 Å². The largest absolute Gasteiger partial charge is 0.790 e. The van der Waals surface area contributed by atoms with E-state index >= 15 is 0 Å². The third-order valence-electron chi connectivity index (χ3n) is 7.19. The van der Waals surface area contributed by atoms with Crippen molar-refractivity contribution in [1.82, 2.24) is 5.32 Å². The van der Waals surface area contributed by atoms with Crippen molar-refractivity contribution in [2.45, 2.75) is 109 Å². The monoisotopic (exact) mass is 595 g/mol. The van der Waals surface area contributed by atoms with Crippen LogP contribution in [0.25, 0.3) is 12.2 Å². The van der Waals surface area contributed by atoms with Crippen LogP contribution in [0.1, 0.15) is 114 Å². The number of unbranched alkanes of at least 4 members (excludes halogenated alkanes) is 11. The summed E-state index contributed by atoms with van der Waals surface area (Å²) in [6.07, 6.45) is 24.9. The molecular formula is C35H50NO5P-2. The van der Waals surface area contributed by atoms with E-state index in [1.807, 2.05) is 66.7 Å². The van der Waals surface area contributed by atoms with E-state index in [1.54, 1.807) is 0 Å². The molecule has 2 rings (SSSR count). The maximum Gasteiger partial charge on any atom is 0.220 e. The molecule has 0 radical (unpaired) electrons. The lowest BCUT2D eigenvalue weighted by molar-refractivity contribution is -0.342. The normalized spacial score (nSPS) is 12.7. The molecule has 1 amide bonds. The maximum absolute atomic E-state index is 12.6. The molecule has 0 aromatic heterocycles. The number of hydrogen-bond donors (Lipinski definition) is 1. The van der Waals surface area contributed by atoms with Crippen molar-refractivity contribution in [2.75, 3.05) is 6.61 Å². The van der Waals surface area contributed by atoms with Crippen molar-refractivity contribution >= 4 is 25.9 Å². The van der Waals surface area contributed by atoms with Crippen molar-refractivity contribution in [2.24, 2.45) is 0 Å². The van der Waals surface area contributed by atoms with Crippen molar-refractivity contribution < 1.29 is 23.7 Å². The first-order chi connectivity index (χ1) is 20.4. The SMILES string of the molecule is CCCCCCCC/C=C\CCCCCCCC(=O)N[C@@H](COP(=O)([O-])[O-])Cc1ccc(/C=C/c2ccccc2)cc1. The highest BCUT2D eigenvalue weighted by Crippen LogP contribution is 2.25. The fraction of sp³-hybridized carbons (Fsp3) is 0.514. The molecule has 42 heavy (non-hydrogen) atoms. The topological polar surface area (TPSA) is 102 Å². The van der Waals surface area contributed by atoms with Crippen LogP contribution in [0.2, 0.25) is 0 Å². The number of amides is 1. The third kappa shape index (κ3) is 18.8. The summed E-state index contributed by atoms with van der Waals surface area (Å²) in [7, 11) is -5.13. The molecule has 7 heteroatoms. The Balaban J connectivity index is 1.66. The van der Waals surface area contributed by atoms with Gasteiger partial charge in [-0.2, -0.15) is 0 Å². The average molecular weight is 596 g/mol. The van der Waals surface area contributed by atoms with E-state index < -0.39 is 13.9 Å². The number of phosphoric ester groups is 1. The van der Waals surface area contributed by atoms with Crippen LogP contribution in [0.5, 0.6) is 0 Å². The lowest BCUT2D eigenvalue weighted by Crippen LogP contribution is -2.40. The summed E-state index contributed by atoms with van der Waals surface area (Å²) in [4.78, 5) is 34.7. The standard InChI is InChI=1S/C35H52NO5P/c1-2-3-4-5-6-7-8-9-10-11-12-13-14-15-19-22-35(37)36-34(30-41-42(38,39)40)29-33-27-25-32(26-28-33)24-23-31-20-17-16-18-21-31/h9-10,16-18,20-21,23-28,34H,2-8,11-15,19,22,29-30H2,1H3,(H,36,37)(H2,38,39,40)/p-2/b10-9-,24-23+/t34-/m1/s1. The van der Waals surface area contributed by atoms with Gasteiger partial charge < -0.3 is 24.2 Å². The van der Waals surface area contributed by atoms with Crippen LogP contribution in [0, 0.1) is 0 Å². The molecule has 1 atom stereocenters. The molecule has 0 spiro atoms. The first-order valence-corrected chi connectivity index (χ1v) is 17.2. The average Bonchev–Trinajstić information content (AvgIpc) is 2.97. The summed E-state index contributed by atoms with van der Waals surface area (Å²) in [5, 5.41) is 2.86. The van der Waals surface area contributed by atoms with Crippen LogP contribution < -0.4 is 15.1 Å². The molecule has 6 nitrogen and oxygen atoms in total. The van der Waals surface area contributed by atoms with Crippen LogP contribution in [0.3, 0.4) is 0 Å². The molecule has 0 aliphatic heterocycles. The number of rotatable bonds is 23. The zero-order valence-corrected chi connectivity index (χ0v) is 26.3. The fourth-order valence-corrected chi connectivity index (χ4v) is 5.16. The fourth-order valence-electron chi connectivity index (χ4n) is 4.79. The second-order valence-electron chi connectivity index (χ2n) is 11.0. The van der Waals surface area contributed by atoms with E-state index in [4.69, 9.17) is 0 Å². The van der Waals surface area contributed by atoms with Crippen LogP contribution in [-0.2, 0) is 20.3 Å². The highest BCUT2D eigenvalue weighted by Gasteiger charge is 2.14. The van der Waals surface area contributed by atoms with E-state index in [0.29, 0.717) is 12.8 Å². The zero-order valence-electron chi connectivity index (χ0n) is 25.4. The Bertz CT molecular complexity index is 1080. The Morgan fingerprint density at radius 1 is 0.786 bits per heavy atom. The Labute approximate surface area is 253 Å². The molecule has 0 unspecified atom stereocenters. The van der Waals surface area contributed by atoms with Crippen molar-refractivity contribution in [3.8, 4) is 0 Å². The van der Waals surface area contributed by atoms with Gasteiger partial charge in [0.05, 0.1) is 20.5 Å². The van der Waals surface area contributed by atoms with E-state index in [2.05, 4.69) is 28.9 Å². The highest BCUT2D eigenvalue weighted by atomic mass is 31.2. The molecule has 0 heterocycles. The molecule has 232 valence electrons. The first-order valence-electron chi connectivity index (χ1n) is 15.8. The van der Waals surface area contributed by atoms with Gasteiger partial charge in [-0.05, 0) is 55.2 Å². The molecule has 0 saturated heterocycles. The highest BCUT2D eigenvalue weighted by molar-refractivity contribution is 7.43. The Morgan fingerprint density at radius 2 is 1.33 bits per heavy atom. The lowest BCUT2D eigenvalue weighted by atomic mass is 10.0. The quantitative estimate of drug-likeness (QED) is 0.0612. The second kappa shape index (κ2) is 22.1. The molecule has 0 aliphatic carbocycles. The number of carbonyl (C=O) groups excluding carboxylic acids is 1.